The van der Waals surface area contributed by atoms with Crippen LogP contribution in [0.2, 0.25) is 0 Å². The first-order valence-electron chi connectivity index (χ1n) is 8.35. The van der Waals surface area contributed by atoms with Gasteiger partial charge in [0.15, 0.2) is 5.76 Å². The zero-order valence-corrected chi connectivity index (χ0v) is 17.3. The molecule has 0 aliphatic rings. The van der Waals surface area contributed by atoms with Gasteiger partial charge in [-0.15, -0.1) is 0 Å². The molecule has 0 aliphatic heterocycles. The van der Waals surface area contributed by atoms with Crippen molar-refractivity contribution in [3.8, 4) is 0 Å². The third-order valence-electron chi connectivity index (χ3n) is 3.90. The first-order valence-corrected chi connectivity index (χ1v) is 9.96. The smallest absolute Gasteiger partial charge is 0.400 e. The molecule has 0 saturated heterocycles. The Hall–Kier alpha value is -3.44. The van der Waals surface area contributed by atoms with Crippen LogP contribution in [0.5, 0.6) is 0 Å². The summed E-state index contributed by atoms with van der Waals surface area (Å²) in [6, 6.07) is 13.0. The number of amides is 1. The number of hydrogen-bond acceptors (Lipinski definition) is 7. The van der Waals surface area contributed by atoms with Crippen molar-refractivity contribution < 1.29 is 18.5 Å². The van der Waals surface area contributed by atoms with Gasteiger partial charge in [0.05, 0.1) is 22.5 Å². The van der Waals surface area contributed by atoms with E-state index in [1.54, 1.807) is 6.07 Å². The number of nitrogens with zero attached hydrogens (tertiary/aromatic N) is 4. The quantitative estimate of drug-likeness (QED) is 0.213. The summed E-state index contributed by atoms with van der Waals surface area (Å²) in [5.41, 5.74) is 0.860. The van der Waals surface area contributed by atoms with Crippen LogP contribution in [0.1, 0.15) is 16.1 Å². The van der Waals surface area contributed by atoms with Crippen LogP contribution in [0.3, 0.4) is 0 Å². The molecule has 0 bridgehead atoms. The van der Waals surface area contributed by atoms with E-state index >= 15 is 0 Å². The van der Waals surface area contributed by atoms with Gasteiger partial charge in [-0.2, -0.15) is 10.1 Å². The van der Waals surface area contributed by atoms with Gasteiger partial charge >= 0.3 is 5.88 Å². The molecule has 1 amide bonds. The number of carbonyl (C=O) groups excluding carboxylic acids is 1. The molecule has 0 spiro atoms. The van der Waals surface area contributed by atoms with Crippen molar-refractivity contribution >= 4 is 60.6 Å². The van der Waals surface area contributed by atoms with Crippen molar-refractivity contribution in [1.82, 2.24) is 4.98 Å². The number of hydrazone groups is 1. The third-order valence-corrected chi connectivity index (χ3v) is 5.38. The summed E-state index contributed by atoms with van der Waals surface area (Å²) in [5, 5.41) is 16.2. The van der Waals surface area contributed by atoms with Crippen molar-refractivity contribution in [2.45, 2.75) is 0 Å². The summed E-state index contributed by atoms with van der Waals surface area (Å²) in [4.78, 5) is 27.6. The van der Waals surface area contributed by atoms with E-state index in [0.717, 1.165) is 14.2 Å². The summed E-state index contributed by atoms with van der Waals surface area (Å²) in [5.74, 6) is -1.39. The van der Waals surface area contributed by atoms with Crippen LogP contribution in [0.4, 0.5) is 15.4 Å². The number of halogens is 2. The molecule has 0 N–H and O–H groups in total. The summed E-state index contributed by atoms with van der Waals surface area (Å²) < 4.78 is 20.0. The maximum absolute atomic E-state index is 13.3. The number of carbonyl (C=O) groups is 1. The first kappa shape index (κ1) is 19.9. The number of nitro groups is 1. The minimum Gasteiger partial charge on any atom is -0.400 e. The normalized spacial score (nSPS) is 11.3. The van der Waals surface area contributed by atoms with E-state index in [4.69, 9.17) is 4.42 Å². The van der Waals surface area contributed by atoms with Gasteiger partial charge in [-0.25, -0.2) is 9.37 Å². The van der Waals surface area contributed by atoms with Gasteiger partial charge < -0.3 is 4.42 Å². The molecule has 0 radical (unpaired) electrons. The Morgan fingerprint density at radius 1 is 1.23 bits per heavy atom. The largest absolute Gasteiger partial charge is 0.433 e. The van der Waals surface area contributed by atoms with Crippen LogP contribution in [0.15, 0.2) is 68.6 Å². The Balaban J connectivity index is 1.74. The zero-order chi connectivity index (χ0) is 21.3. The van der Waals surface area contributed by atoms with E-state index in [1.165, 1.54) is 53.9 Å². The Kier molecular flexibility index (Phi) is 5.38. The molecule has 30 heavy (non-hydrogen) atoms. The number of furan rings is 1. The van der Waals surface area contributed by atoms with E-state index in [0.29, 0.717) is 5.52 Å². The summed E-state index contributed by atoms with van der Waals surface area (Å²) in [6.45, 7) is 0. The predicted molar refractivity (Wildman–Crippen MR) is 113 cm³/mol. The summed E-state index contributed by atoms with van der Waals surface area (Å²) in [6.07, 6.45) is 1.18. The predicted octanol–water partition coefficient (Wildman–Crippen LogP) is 5.38. The maximum atomic E-state index is 13.3. The number of thiazole rings is 1. The lowest BCUT2D eigenvalue weighted by Crippen LogP contribution is -2.25. The van der Waals surface area contributed by atoms with E-state index in [2.05, 4.69) is 26.0 Å². The monoisotopic (exact) mass is 488 g/mol. The Bertz CT molecular complexity index is 1290. The fraction of sp³-hybridized carbons (Fsp3) is 0. The molecule has 2 aromatic heterocycles. The average molecular weight is 489 g/mol. The standard InChI is InChI=1S/C19H10BrFN4O4S/c20-12-3-7-15-16(9-12)30-19(23-15)24(18(26)11-1-4-13(21)5-2-11)22-10-14-6-8-17(29-14)25(27)28/h1-10H/b22-10+. The van der Waals surface area contributed by atoms with Crippen molar-refractivity contribution in [1.29, 1.82) is 0 Å². The average Bonchev–Trinajstić information content (AvgIpc) is 3.35. The highest BCUT2D eigenvalue weighted by atomic mass is 79.9. The molecule has 0 saturated carbocycles. The molecule has 4 aromatic rings. The van der Waals surface area contributed by atoms with Crippen LogP contribution < -0.4 is 5.01 Å². The molecule has 11 heteroatoms. The number of aromatic nitrogens is 1. The zero-order valence-electron chi connectivity index (χ0n) is 14.9. The van der Waals surface area contributed by atoms with E-state index < -0.39 is 22.5 Å². The molecule has 0 aliphatic carbocycles. The lowest BCUT2D eigenvalue weighted by Gasteiger charge is -2.13. The highest BCUT2D eigenvalue weighted by Crippen LogP contribution is 2.32. The van der Waals surface area contributed by atoms with Gasteiger partial charge in [-0.3, -0.25) is 14.9 Å². The topological polar surface area (TPSA) is 102 Å². The van der Waals surface area contributed by atoms with Crippen LogP contribution >= 0.6 is 27.3 Å². The minimum absolute atomic E-state index is 0.0856. The Morgan fingerprint density at radius 2 is 2.00 bits per heavy atom. The van der Waals surface area contributed by atoms with Gasteiger partial charge in [0.1, 0.15) is 10.7 Å². The number of rotatable bonds is 5. The minimum atomic E-state index is -0.676. The fourth-order valence-corrected chi connectivity index (χ4v) is 3.98. The van der Waals surface area contributed by atoms with Crippen molar-refractivity contribution in [2.24, 2.45) is 5.10 Å². The number of anilines is 1. The lowest BCUT2D eigenvalue weighted by atomic mass is 10.2. The van der Waals surface area contributed by atoms with Gasteiger partial charge in [0, 0.05) is 10.0 Å². The number of fused-ring (bicyclic) bond motifs is 1. The molecule has 2 heterocycles. The van der Waals surface area contributed by atoms with Crippen LogP contribution in [-0.2, 0) is 0 Å². The fourth-order valence-electron chi connectivity index (χ4n) is 2.50. The molecule has 0 unspecified atom stereocenters. The van der Waals surface area contributed by atoms with Gasteiger partial charge in [-0.1, -0.05) is 27.3 Å². The Labute approximate surface area is 180 Å². The van der Waals surface area contributed by atoms with Crippen molar-refractivity contribution in [3.63, 3.8) is 0 Å². The second-order valence-electron chi connectivity index (χ2n) is 5.91. The Morgan fingerprint density at radius 3 is 2.70 bits per heavy atom. The first-order chi connectivity index (χ1) is 14.4. The molecule has 2 aromatic carbocycles. The lowest BCUT2D eigenvalue weighted by molar-refractivity contribution is -0.402. The summed E-state index contributed by atoms with van der Waals surface area (Å²) >= 11 is 4.62. The molecule has 150 valence electrons. The van der Waals surface area contributed by atoms with Crippen molar-refractivity contribution in [2.75, 3.05) is 5.01 Å². The van der Waals surface area contributed by atoms with Crippen LogP contribution in [0.25, 0.3) is 10.2 Å². The second-order valence-corrected chi connectivity index (χ2v) is 7.83. The van der Waals surface area contributed by atoms with Gasteiger partial charge in [0.25, 0.3) is 5.91 Å². The molecule has 0 fully saturated rings. The van der Waals surface area contributed by atoms with Crippen molar-refractivity contribution in [3.05, 3.63) is 86.3 Å². The molecular weight excluding hydrogens is 479 g/mol. The molecule has 0 atom stereocenters. The highest BCUT2D eigenvalue weighted by molar-refractivity contribution is 9.10. The molecule has 8 nitrogen and oxygen atoms in total. The van der Waals surface area contributed by atoms with Crippen LogP contribution in [0, 0.1) is 15.9 Å². The van der Waals surface area contributed by atoms with E-state index in [9.17, 15) is 19.3 Å². The maximum Gasteiger partial charge on any atom is 0.433 e. The SMILES string of the molecule is O=C(c1ccc(F)cc1)N(/N=C/c1ccc([N+](=O)[O-])o1)c1nc2ccc(Br)cc2s1. The van der Waals surface area contributed by atoms with Gasteiger partial charge in [-0.05, 0) is 48.5 Å². The molecular formula is C19H10BrFN4O4S. The second kappa shape index (κ2) is 8.13. The number of hydrogen-bond donors (Lipinski definition) is 0. The van der Waals surface area contributed by atoms with E-state index in [1.807, 2.05) is 12.1 Å². The summed E-state index contributed by atoms with van der Waals surface area (Å²) in [7, 11) is 0. The third kappa shape index (κ3) is 4.11. The van der Waals surface area contributed by atoms with E-state index in [-0.39, 0.29) is 16.5 Å². The number of benzene rings is 2. The van der Waals surface area contributed by atoms with Crippen LogP contribution in [-0.4, -0.2) is 22.0 Å². The molecule has 4 rings (SSSR count). The van der Waals surface area contributed by atoms with Gasteiger partial charge in [0.2, 0.25) is 5.13 Å². The highest BCUT2D eigenvalue weighted by Gasteiger charge is 2.21.